The molecule has 0 rings (SSSR count). The molecule has 15 heavy (non-hydrogen) atoms. The zero-order valence-electron chi connectivity index (χ0n) is 10.0. The molecule has 0 unspecified atom stereocenters. The topological polar surface area (TPSA) is 80.0 Å². The molecule has 0 aliphatic heterocycles. The zero-order valence-corrected chi connectivity index (χ0v) is 10.0. The van der Waals surface area contributed by atoms with E-state index in [1.54, 1.807) is 0 Å². The van der Waals surface area contributed by atoms with Crippen LogP contribution in [0.15, 0.2) is 9.98 Å². The van der Waals surface area contributed by atoms with E-state index in [4.69, 9.17) is 11.5 Å². The van der Waals surface area contributed by atoms with Crippen molar-refractivity contribution in [2.75, 3.05) is 19.6 Å². The monoisotopic (exact) mass is 213 g/mol. The van der Waals surface area contributed by atoms with Gasteiger partial charge in [-0.3, -0.25) is 4.99 Å². The van der Waals surface area contributed by atoms with Gasteiger partial charge in [0.2, 0.25) is 5.96 Å². The van der Waals surface area contributed by atoms with E-state index in [9.17, 15) is 0 Å². The molecule has 0 fully saturated rings. The lowest BCUT2D eigenvalue weighted by Gasteiger charge is -2.22. The third kappa shape index (κ3) is 5.93. The third-order valence-corrected chi connectivity index (χ3v) is 1.80. The maximum atomic E-state index is 5.37. The van der Waals surface area contributed by atoms with Gasteiger partial charge in [-0.05, 0) is 19.8 Å². The van der Waals surface area contributed by atoms with E-state index in [-0.39, 0.29) is 5.96 Å². The second-order valence-electron chi connectivity index (χ2n) is 3.30. The molecule has 0 aromatic rings. The molecule has 0 saturated heterocycles. The van der Waals surface area contributed by atoms with Gasteiger partial charge in [0.05, 0.1) is 0 Å². The molecule has 0 aromatic heterocycles. The molecule has 0 aliphatic carbocycles. The molecule has 5 heteroatoms. The highest BCUT2D eigenvalue weighted by Gasteiger charge is 2.08. The van der Waals surface area contributed by atoms with Crippen molar-refractivity contribution in [1.82, 2.24) is 4.90 Å². The first-order valence-electron chi connectivity index (χ1n) is 5.54. The van der Waals surface area contributed by atoms with Crippen molar-refractivity contribution in [3.63, 3.8) is 0 Å². The molecule has 0 radical (unpaired) electrons. The molecule has 88 valence electrons. The molecule has 0 atom stereocenters. The molecule has 5 nitrogen and oxygen atoms in total. The molecule has 0 aliphatic rings. The summed E-state index contributed by atoms with van der Waals surface area (Å²) in [6.07, 6.45) is 2.12. The van der Waals surface area contributed by atoms with Crippen LogP contribution in [0.3, 0.4) is 0 Å². The van der Waals surface area contributed by atoms with Crippen LogP contribution in [0.5, 0.6) is 0 Å². The fraction of sp³-hybridized carbons (Fsp3) is 0.800. The van der Waals surface area contributed by atoms with Crippen LogP contribution in [0.2, 0.25) is 0 Å². The number of nitrogens with two attached hydrogens (primary N) is 2. The minimum Gasteiger partial charge on any atom is -0.370 e. The van der Waals surface area contributed by atoms with Gasteiger partial charge in [0.1, 0.15) is 0 Å². The van der Waals surface area contributed by atoms with Gasteiger partial charge >= 0.3 is 0 Å². The van der Waals surface area contributed by atoms with E-state index in [0.29, 0.717) is 12.5 Å². The normalized spacial score (nSPS) is 11.3. The molecular weight excluding hydrogens is 190 g/mol. The van der Waals surface area contributed by atoms with Crippen LogP contribution in [-0.4, -0.2) is 36.5 Å². The number of rotatable bonds is 5. The summed E-state index contributed by atoms with van der Waals surface area (Å²) in [4.78, 5) is 10.5. The molecule has 0 spiro atoms. The van der Waals surface area contributed by atoms with Crippen molar-refractivity contribution in [2.24, 2.45) is 21.5 Å². The Balaban J connectivity index is 4.67. The summed E-state index contributed by atoms with van der Waals surface area (Å²) in [6, 6.07) is 0. The maximum Gasteiger partial charge on any atom is 0.223 e. The first kappa shape index (κ1) is 13.7. The van der Waals surface area contributed by atoms with Crippen molar-refractivity contribution < 1.29 is 0 Å². The quantitative estimate of drug-likeness (QED) is 0.522. The summed E-state index contributed by atoms with van der Waals surface area (Å²) in [6.45, 7) is 8.78. The SMILES string of the molecule is CCCN(CCC)C(N=C(N)N)=NCC. The van der Waals surface area contributed by atoms with Gasteiger partial charge in [-0.25, -0.2) is 0 Å². The van der Waals surface area contributed by atoms with Crippen molar-refractivity contribution in [3.8, 4) is 0 Å². The van der Waals surface area contributed by atoms with Crippen LogP contribution in [0.4, 0.5) is 0 Å². The Bertz CT molecular complexity index is 212. The number of hydrogen-bond donors (Lipinski definition) is 2. The summed E-state index contributed by atoms with van der Waals surface area (Å²) >= 11 is 0. The van der Waals surface area contributed by atoms with Crippen LogP contribution in [-0.2, 0) is 0 Å². The average molecular weight is 213 g/mol. The van der Waals surface area contributed by atoms with E-state index in [1.165, 1.54) is 0 Å². The lowest BCUT2D eigenvalue weighted by Crippen LogP contribution is -2.35. The summed E-state index contributed by atoms with van der Waals surface area (Å²) in [7, 11) is 0. The first-order chi connectivity index (χ1) is 7.15. The van der Waals surface area contributed by atoms with Gasteiger partial charge in [0, 0.05) is 19.6 Å². The Kier molecular flexibility index (Phi) is 7.40. The van der Waals surface area contributed by atoms with Crippen LogP contribution >= 0.6 is 0 Å². The van der Waals surface area contributed by atoms with Gasteiger partial charge < -0.3 is 16.4 Å². The Morgan fingerprint density at radius 3 is 1.93 bits per heavy atom. The number of guanidine groups is 2. The van der Waals surface area contributed by atoms with Crippen molar-refractivity contribution >= 4 is 11.9 Å². The number of nitrogens with zero attached hydrogens (tertiary/aromatic N) is 3. The second kappa shape index (κ2) is 8.08. The predicted octanol–water partition coefficient (Wildman–Crippen LogP) is 0.758. The highest BCUT2D eigenvalue weighted by Crippen LogP contribution is 1.98. The van der Waals surface area contributed by atoms with Crippen LogP contribution in [0, 0.1) is 0 Å². The number of aliphatic imine (C=N–C) groups is 2. The van der Waals surface area contributed by atoms with E-state index in [0.717, 1.165) is 25.9 Å². The summed E-state index contributed by atoms with van der Waals surface area (Å²) < 4.78 is 0. The molecule has 0 amide bonds. The van der Waals surface area contributed by atoms with E-state index >= 15 is 0 Å². The Hall–Kier alpha value is -1.26. The van der Waals surface area contributed by atoms with Gasteiger partial charge in [0.25, 0.3) is 0 Å². The van der Waals surface area contributed by atoms with Crippen LogP contribution in [0.1, 0.15) is 33.6 Å². The highest BCUT2D eigenvalue weighted by atomic mass is 15.3. The fourth-order valence-electron chi connectivity index (χ4n) is 1.31. The predicted molar refractivity (Wildman–Crippen MR) is 65.9 cm³/mol. The minimum atomic E-state index is 0.0689. The van der Waals surface area contributed by atoms with Gasteiger partial charge in [-0.2, -0.15) is 4.99 Å². The van der Waals surface area contributed by atoms with E-state index < -0.39 is 0 Å². The maximum absolute atomic E-state index is 5.37. The van der Waals surface area contributed by atoms with Gasteiger partial charge in [-0.15, -0.1) is 0 Å². The summed E-state index contributed by atoms with van der Waals surface area (Å²) in [5.41, 5.74) is 10.7. The largest absolute Gasteiger partial charge is 0.370 e. The Labute approximate surface area is 92.3 Å². The summed E-state index contributed by atoms with van der Waals surface area (Å²) in [5.74, 6) is 0.723. The zero-order chi connectivity index (χ0) is 11.7. The van der Waals surface area contributed by atoms with Gasteiger partial charge in [0.15, 0.2) is 5.96 Å². The standard InChI is InChI=1S/C10H23N5/c1-4-7-15(8-5-2)10(13-6-3)14-9(11)12/h4-8H2,1-3H3,(H4,11,12,13,14). The van der Waals surface area contributed by atoms with Gasteiger partial charge in [-0.1, -0.05) is 13.8 Å². The van der Waals surface area contributed by atoms with Crippen molar-refractivity contribution in [3.05, 3.63) is 0 Å². The first-order valence-corrected chi connectivity index (χ1v) is 5.54. The van der Waals surface area contributed by atoms with Crippen LogP contribution in [0.25, 0.3) is 0 Å². The summed E-state index contributed by atoms with van der Waals surface area (Å²) in [5, 5.41) is 0. The lowest BCUT2D eigenvalue weighted by molar-refractivity contribution is 0.411. The smallest absolute Gasteiger partial charge is 0.223 e. The van der Waals surface area contributed by atoms with Crippen molar-refractivity contribution in [2.45, 2.75) is 33.6 Å². The lowest BCUT2D eigenvalue weighted by atomic mass is 10.4. The van der Waals surface area contributed by atoms with E-state index in [2.05, 4.69) is 28.7 Å². The molecule has 0 bridgehead atoms. The Morgan fingerprint density at radius 2 is 1.60 bits per heavy atom. The average Bonchev–Trinajstić information content (AvgIpc) is 2.16. The fourth-order valence-corrected chi connectivity index (χ4v) is 1.31. The molecule has 0 saturated carbocycles. The minimum absolute atomic E-state index is 0.0689. The molecule has 0 aromatic carbocycles. The molecule has 0 heterocycles. The highest BCUT2D eigenvalue weighted by molar-refractivity contribution is 5.93. The van der Waals surface area contributed by atoms with E-state index in [1.807, 2.05) is 6.92 Å². The Morgan fingerprint density at radius 1 is 1.07 bits per heavy atom. The van der Waals surface area contributed by atoms with Crippen LogP contribution < -0.4 is 11.5 Å². The second-order valence-corrected chi connectivity index (χ2v) is 3.30. The molecule has 4 N–H and O–H groups in total. The molecular formula is C10H23N5. The number of hydrogen-bond acceptors (Lipinski definition) is 1. The van der Waals surface area contributed by atoms with Crippen molar-refractivity contribution in [1.29, 1.82) is 0 Å². The third-order valence-electron chi connectivity index (χ3n) is 1.80.